The van der Waals surface area contributed by atoms with E-state index in [1.807, 2.05) is 60.7 Å². The molecule has 0 saturated carbocycles. The molecular formula is C27H20ClN5O. The van der Waals surface area contributed by atoms with Crippen LogP contribution in [0.15, 0.2) is 108 Å². The Balaban J connectivity index is 1.44. The molecule has 34 heavy (non-hydrogen) atoms. The summed E-state index contributed by atoms with van der Waals surface area (Å²) >= 11 is 5.96. The largest absolute Gasteiger partial charge is 0.326 e. The van der Waals surface area contributed by atoms with E-state index in [0.717, 1.165) is 27.7 Å². The van der Waals surface area contributed by atoms with Crippen LogP contribution in [0, 0.1) is 0 Å². The van der Waals surface area contributed by atoms with E-state index in [-0.39, 0.29) is 5.91 Å². The summed E-state index contributed by atoms with van der Waals surface area (Å²) in [6.45, 7) is 0. The molecule has 0 aliphatic carbocycles. The molecule has 1 amide bonds. The van der Waals surface area contributed by atoms with E-state index >= 15 is 0 Å². The van der Waals surface area contributed by atoms with E-state index in [2.05, 4.69) is 38.0 Å². The zero-order valence-corrected chi connectivity index (χ0v) is 18.8. The minimum atomic E-state index is -0.298. The van der Waals surface area contributed by atoms with Gasteiger partial charge in [0.15, 0.2) is 0 Å². The molecule has 0 fully saturated rings. The Morgan fingerprint density at radius 2 is 1.59 bits per heavy atom. The zero-order chi connectivity index (χ0) is 23.3. The fourth-order valence-corrected chi connectivity index (χ4v) is 3.64. The van der Waals surface area contributed by atoms with E-state index in [1.54, 1.807) is 30.5 Å². The number of guanidine groups is 1. The number of rotatable bonds is 4. The number of nitrogens with zero attached hydrogens (tertiary/aromatic N) is 2. The van der Waals surface area contributed by atoms with Gasteiger partial charge in [-0.15, -0.1) is 0 Å². The van der Waals surface area contributed by atoms with Gasteiger partial charge in [-0.3, -0.25) is 15.2 Å². The molecule has 0 bridgehead atoms. The molecule has 4 aromatic carbocycles. The van der Waals surface area contributed by atoms with E-state index in [4.69, 9.17) is 11.6 Å². The first-order valence-electron chi connectivity index (χ1n) is 10.7. The summed E-state index contributed by atoms with van der Waals surface area (Å²) in [5.41, 5.74) is 5.08. The monoisotopic (exact) mass is 465 g/mol. The van der Waals surface area contributed by atoms with E-state index in [1.165, 1.54) is 0 Å². The number of carbonyl (C=O) groups is 1. The van der Waals surface area contributed by atoms with Crippen LogP contribution < -0.4 is 10.6 Å². The lowest BCUT2D eigenvalue weighted by Gasteiger charge is -2.12. The molecule has 6 nitrogen and oxygen atoms in total. The Hall–Kier alpha value is -4.42. The van der Waals surface area contributed by atoms with Crippen molar-refractivity contribution in [3.8, 4) is 11.1 Å². The number of benzene rings is 4. The average Bonchev–Trinajstić information content (AvgIpc) is 3.33. The molecule has 1 heterocycles. The lowest BCUT2D eigenvalue weighted by Crippen LogP contribution is -2.35. The average molecular weight is 466 g/mol. The minimum Gasteiger partial charge on any atom is -0.326 e. The predicted octanol–water partition coefficient (Wildman–Crippen LogP) is 6.41. The summed E-state index contributed by atoms with van der Waals surface area (Å²) in [5, 5.41) is 14.6. The third kappa shape index (κ3) is 4.98. The molecule has 0 aliphatic heterocycles. The summed E-state index contributed by atoms with van der Waals surface area (Å²) < 4.78 is 0. The first kappa shape index (κ1) is 21.4. The molecule has 0 radical (unpaired) electrons. The molecule has 166 valence electrons. The number of halogens is 1. The Morgan fingerprint density at radius 1 is 0.853 bits per heavy atom. The van der Waals surface area contributed by atoms with E-state index in [0.29, 0.717) is 22.2 Å². The van der Waals surface area contributed by atoms with Gasteiger partial charge in [0, 0.05) is 21.7 Å². The van der Waals surface area contributed by atoms with Gasteiger partial charge in [-0.25, -0.2) is 4.99 Å². The summed E-state index contributed by atoms with van der Waals surface area (Å²) in [7, 11) is 0. The maximum atomic E-state index is 12.9. The second kappa shape index (κ2) is 9.60. The third-order valence-corrected chi connectivity index (χ3v) is 5.51. The van der Waals surface area contributed by atoms with Crippen LogP contribution in [0.1, 0.15) is 10.4 Å². The lowest BCUT2D eigenvalue weighted by molar-refractivity contribution is 0.0977. The van der Waals surface area contributed by atoms with Gasteiger partial charge >= 0.3 is 0 Å². The summed E-state index contributed by atoms with van der Waals surface area (Å²) in [6.07, 6.45) is 1.74. The van der Waals surface area contributed by atoms with Crippen molar-refractivity contribution in [1.82, 2.24) is 15.5 Å². The third-order valence-electron chi connectivity index (χ3n) is 5.26. The number of fused-ring (bicyclic) bond motifs is 1. The van der Waals surface area contributed by atoms with Crippen LogP contribution in [0.2, 0.25) is 5.02 Å². The number of H-pyrrole nitrogens is 1. The number of aromatic nitrogens is 2. The van der Waals surface area contributed by atoms with Gasteiger partial charge < -0.3 is 5.32 Å². The minimum absolute atomic E-state index is 0.298. The normalized spacial score (nSPS) is 11.4. The first-order chi connectivity index (χ1) is 16.6. The van der Waals surface area contributed by atoms with Crippen molar-refractivity contribution >= 4 is 45.7 Å². The van der Waals surface area contributed by atoms with E-state index in [9.17, 15) is 4.79 Å². The molecule has 5 aromatic rings. The van der Waals surface area contributed by atoms with Crippen molar-refractivity contribution in [1.29, 1.82) is 0 Å². The summed E-state index contributed by atoms with van der Waals surface area (Å²) in [4.78, 5) is 17.5. The van der Waals surface area contributed by atoms with Crippen LogP contribution in [0.25, 0.3) is 22.0 Å². The van der Waals surface area contributed by atoms with Crippen LogP contribution in [0.4, 0.5) is 11.4 Å². The molecule has 0 atom stereocenters. The maximum absolute atomic E-state index is 12.9. The highest BCUT2D eigenvalue weighted by Gasteiger charge is 2.11. The number of anilines is 1. The Labute approximate surface area is 201 Å². The number of carbonyl (C=O) groups excluding carboxylic acids is 1. The molecule has 5 rings (SSSR count). The maximum Gasteiger partial charge on any atom is 0.257 e. The van der Waals surface area contributed by atoms with Gasteiger partial charge in [-0.1, -0.05) is 54.1 Å². The van der Waals surface area contributed by atoms with Crippen molar-refractivity contribution in [2.24, 2.45) is 4.99 Å². The summed E-state index contributed by atoms with van der Waals surface area (Å²) in [6, 6.07) is 30.4. The van der Waals surface area contributed by atoms with Gasteiger partial charge in [-0.05, 0) is 65.7 Å². The van der Waals surface area contributed by atoms with Crippen molar-refractivity contribution in [3.63, 3.8) is 0 Å². The number of aromatic amines is 1. The van der Waals surface area contributed by atoms with Crippen LogP contribution >= 0.6 is 11.6 Å². The number of nitrogens with one attached hydrogen (secondary N) is 3. The fourth-order valence-electron chi connectivity index (χ4n) is 3.51. The first-order valence-corrected chi connectivity index (χ1v) is 11.0. The second-order valence-corrected chi connectivity index (χ2v) is 8.07. The molecule has 1 aromatic heterocycles. The van der Waals surface area contributed by atoms with Gasteiger partial charge in [0.25, 0.3) is 5.91 Å². The number of hydrogen-bond donors (Lipinski definition) is 3. The van der Waals surface area contributed by atoms with Crippen molar-refractivity contribution in [2.75, 3.05) is 5.32 Å². The molecule has 0 spiro atoms. The van der Waals surface area contributed by atoms with Gasteiger partial charge in [-0.2, -0.15) is 5.10 Å². The Bertz CT molecular complexity index is 1460. The predicted molar refractivity (Wildman–Crippen MR) is 138 cm³/mol. The fraction of sp³-hybridized carbons (Fsp3) is 0. The number of amides is 1. The Kier molecular flexibility index (Phi) is 6.05. The highest BCUT2D eigenvalue weighted by Crippen LogP contribution is 2.23. The molecule has 0 unspecified atom stereocenters. The lowest BCUT2D eigenvalue weighted by atomic mass is 10.1. The van der Waals surface area contributed by atoms with Gasteiger partial charge in [0.1, 0.15) is 0 Å². The van der Waals surface area contributed by atoms with Crippen LogP contribution in [0.3, 0.4) is 0 Å². The van der Waals surface area contributed by atoms with Crippen LogP contribution in [-0.2, 0) is 0 Å². The van der Waals surface area contributed by atoms with Crippen molar-refractivity contribution < 1.29 is 4.79 Å². The molecule has 3 N–H and O–H groups in total. The molecule has 0 saturated heterocycles. The van der Waals surface area contributed by atoms with Crippen LogP contribution in [0.5, 0.6) is 0 Å². The smallest absolute Gasteiger partial charge is 0.257 e. The highest BCUT2D eigenvalue weighted by atomic mass is 35.5. The van der Waals surface area contributed by atoms with Crippen molar-refractivity contribution in [2.45, 2.75) is 0 Å². The molecule has 0 aliphatic rings. The Morgan fingerprint density at radius 3 is 2.35 bits per heavy atom. The SMILES string of the molecule is O=C(NC(=Nc1ccc(-c2ccccc2)cc1)Nc1ccc2[nH]ncc2c1)c1ccc(Cl)cc1. The topological polar surface area (TPSA) is 82.2 Å². The van der Waals surface area contributed by atoms with Crippen molar-refractivity contribution in [3.05, 3.63) is 114 Å². The molecule has 7 heteroatoms. The number of hydrogen-bond acceptors (Lipinski definition) is 3. The van der Waals surface area contributed by atoms with Crippen LogP contribution in [-0.4, -0.2) is 22.1 Å². The number of aliphatic imine (C=N–C) groups is 1. The van der Waals surface area contributed by atoms with E-state index < -0.39 is 0 Å². The zero-order valence-electron chi connectivity index (χ0n) is 18.0. The summed E-state index contributed by atoms with van der Waals surface area (Å²) in [5.74, 6) is 0.00321. The molecular weight excluding hydrogens is 446 g/mol. The van der Waals surface area contributed by atoms with Gasteiger partial charge in [0.2, 0.25) is 5.96 Å². The van der Waals surface area contributed by atoms with Gasteiger partial charge in [0.05, 0.1) is 17.4 Å². The standard InChI is InChI=1S/C27H20ClN5O/c28-22-10-6-20(7-11-22)26(34)32-27(31-24-14-15-25-21(16-24)17-29-33-25)30-23-12-8-19(9-13-23)18-4-2-1-3-5-18/h1-17H,(H,29,33)(H2,30,31,32,34). The quantitative estimate of drug-likeness (QED) is 0.212. The highest BCUT2D eigenvalue weighted by molar-refractivity contribution is 6.30. The second-order valence-electron chi connectivity index (χ2n) is 7.63.